The van der Waals surface area contributed by atoms with Crippen LogP contribution in [0.15, 0.2) is 0 Å². The van der Waals surface area contributed by atoms with Gasteiger partial charge in [0.1, 0.15) is 18.1 Å². The molecule has 5 atom stereocenters. The fraction of sp³-hybridized carbons (Fsp3) is 0.650. The highest BCUT2D eigenvalue weighted by molar-refractivity contribution is 7.80. The third-order valence-corrected chi connectivity index (χ3v) is 5.12. The number of aliphatic carboxylic acids is 2. The zero-order chi connectivity index (χ0) is 28.9. The summed E-state index contributed by atoms with van der Waals surface area (Å²) in [6, 6.07) is -5.69. The molecule has 5 amide bonds. The van der Waals surface area contributed by atoms with Gasteiger partial charge in [0.2, 0.25) is 29.5 Å². The molecule has 0 aliphatic carbocycles. The lowest BCUT2D eigenvalue weighted by molar-refractivity contribution is -0.144. The van der Waals surface area contributed by atoms with Gasteiger partial charge in [-0.05, 0) is 12.8 Å². The van der Waals surface area contributed by atoms with Crippen LogP contribution in [0.3, 0.4) is 0 Å². The second-order valence-corrected chi connectivity index (χ2v) is 8.66. The summed E-state index contributed by atoms with van der Waals surface area (Å²) in [4.78, 5) is 83.2. The molecule has 0 heterocycles. The largest absolute Gasteiger partial charge is 0.481 e. The van der Waals surface area contributed by atoms with Crippen molar-refractivity contribution in [1.29, 1.82) is 0 Å². The van der Waals surface area contributed by atoms with Crippen LogP contribution in [0.2, 0.25) is 0 Å². The third-order valence-electron chi connectivity index (χ3n) is 4.73. The molecule has 0 spiro atoms. The van der Waals surface area contributed by atoms with Crippen LogP contribution in [0, 0.1) is 5.92 Å². The number of hydrogen-bond donors (Lipinski definition) is 10. The van der Waals surface area contributed by atoms with Crippen LogP contribution >= 0.6 is 12.6 Å². The van der Waals surface area contributed by atoms with E-state index in [9.17, 15) is 43.8 Å². The molecule has 0 radical (unpaired) electrons. The topological polar surface area (TPSA) is 266 Å². The van der Waals surface area contributed by atoms with Crippen LogP contribution in [0.25, 0.3) is 0 Å². The Morgan fingerprint density at radius 3 is 1.81 bits per heavy atom. The summed E-state index contributed by atoms with van der Waals surface area (Å²) in [7, 11) is 0. The van der Waals surface area contributed by atoms with Gasteiger partial charge in [-0.15, -0.1) is 0 Å². The summed E-state index contributed by atoms with van der Waals surface area (Å²) >= 11 is 3.84. The number of nitrogens with two attached hydrogens (primary N) is 1. The van der Waals surface area contributed by atoms with Crippen LogP contribution in [-0.2, 0) is 33.6 Å². The van der Waals surface area contributed by atoms with E-state index in [1.807, 2.05) is 0 Å². The molecule has 10 N–H and O–H groups in total. The van der Waals surface area contributed by atoms with Crippen LogP contribution in [-0.4, -0.2) is 106 Å². The number of carbonyl (C=O) groups is 7. The normalized spacial score (nSPS) is 14.8. The number of amides is 5. The molecule has 210 valence electrons. The summed E-state index contributed by atoms with van der Waals surface area (Å²) < 4.78 is 0. The minimum atomic E-state index is -1.73. The van der Waals surface area contributed by atoms with Crippen molar-refractivity contribution in [2.75, 3.05) is 18.8 Å². The molecule has 0 aliphatic heterocycles. The molecular weight excluding hydrogens is 516 g/mol. The van der Waals surface area contributed by atoms with Crippen molar-refractivity contribution >= 4 is 54.1 Å². The van der Waals surface area contributed by atoms with Gasteiger partial charge in [0, 0.05) is 5.75 Å². The highest BCUT2D eigenvalue weighted by Gasteiger charge is 2.33. The molecule has 17 heteroatoms. The molecule has 0 aromatic carbocycles. The summed E-state index contributed by atoms with van der Waals surface area (Å²) in [6.45, 7) is 3.00. The summed E-state index contributed by atoms with van der Waals surface area (Å²) in [5.74, 6) is -7.93. The first-order valence-corrected chi connectivity index (χ1v) is 11.7. The second-order valence-electron chi connectivity index (χ2n) is 8.30. The van der Waals surface area contributed by atoms with E-state index in [2.05, 4.69) is 39.2 Å². The number of carbonyl (C=O) groups excluding carboxylic acids is 5. The Labute approximate surface area is 217 Å². The first kappa shape index (κ1) is 33.6. The van der Waals surface area contributed by atoms with E-state index in [0.29, 0.717) is 0 Å². The number of thiol groups is 1. The zero-order valence-electron chi connectivity index (χ0n) is 20.5. The Hall–Kier alpha value is -3.44. The summed E-state index contributed by atoms with van der Waals surface area (Å²) in [6.07, 6.45) is -2.43. The fourth-order valence-electron chi connectivity index (χ4n) is 2.67. The van der Waals surface area contributed by atoms with Gasteiger partial charge >= 0.3 is 11.9 Å². The first-order valence-electron chi connectivity index (χ1n) is 11.0. The van der Waals surface area contributed by atoms with Crippen molar-refractivity contribution in [2.24, 2.45) is 11.7 Å². The number of nitrogens with one attached hydrogen (secondary N) is 5. The van der Waals surface area contributed by atoms with Crippen molar-refractivity contribution < 1.29 is 48.9 Å². The third kappa shape index (κ3) is 12.9. The molecule has 5 unspecified atom stereocenters. The number of aliphatic hydroxyl groups is 1. The quantitative estimate of drug-likeness (QED) is 0.0818. The van der Waals surface area contributed by atoms with Gasteiger partial charge < -0.3 is 47.6 Å². The Morgan fingerprint density at radius 1 is 0.784 bits per heavy atom. The van der Waals surface area contributed by atoms with Gasteiger partial charge in [-0.25, -0.2) is 4.79 Å². The number of carboxylic acids is 2. The summed E-state index contributed by atoms with van der Waals surface area (Å²) in [5.41, 5.74) is 5.44. The van der Waals surface area contributed by atoms with Crippen LogP contribution in [0.4, 0.5) is 0 Å². The monoisotopic (exact) mass is 550 g/mol. The molecule has 0 aliphatic rings. The van der Waals surface area contributed by atoms with Gasteiger partial charge in [0.25, 0.3) is 0 Å². The number of hydrogen-bond acceptors (Lipinski definition) is 10. The van der Waals surface area contributed by atoms with Crippen LogP contribution in [0.5, 0.6) is 0 Å². The molecule has 0 rings (SSSR count). The van der Waals surface area contributed by atoms with Crippen molar-refractivity contribution in [3.05, 3.63) is 0 Å². The van der Waals surface area contributed by atoms with Crippen molar-refractivity contribution in [3.8, 4) is 0 Å². The van der Waals surface area contributed by atoms with E-state index < -0.39 is 97.2 Å². The van der Waals surface area contributed by atoms with Crippen molar-refractivity contribution in [1.82, 2.24) is 26.6 Å². The second kappa shape index (κ2) is 16.3. The minimum absolute atomic E-state index is 0.0471. The standard InChI is InChI=1S/C20H34N6O10S/c1-8(2)15(20(35)36)26-18(33)11(4-14(30)31)24-19(34)16(9(3)27)25-13(29)6-22-12(28)5-23-17(32)10(21)7-37/h8-11,15-16,27,37H,4-7,21H2,1-3H3,(H,22,28)(H,23,32)(H,24,34)(H,25,29)(H,26,33)(H,30,31)(H,35,36). The van der Waals surface area contributed by atoms with Crippen molar-refractivity contribution in [2.45, 2.75) is 57.5 Å². The predicted octanol–water partition coefficient (Wildman–Crippen LogP) is -4.47. The lowest BCUT2D eigenvalue weighted by atomic mass is 10.0. The van der Waals surface area contributed by atoms with Gasteiger partial charge in [-0.2, -0.15) is 12.6 Å². The van der Waals surface area contributed by atoms with E-state index in [4.69, 9.17) is 10.8 Å². The molecule has 0 aromatic rings. The molecule has 0 fully saturated rings. The van der Waals surface area contributed by atoms with Gasteiger partial charge in [-0.3, -0.25) is 28.8 Å². The number of aliphatic hydroxyl groups excluding tert-OH is 1. The first-order chi connectivity index (χ1) is 17.1. The maximum Gasteiger partial charge on any atom is 0.326 e. The Morgan fingerprint density at radius 2 is 1.35 bits per heavy atom. The van der Waals surface area contributed by atoms with E-state index >= 15 is 0 Å². The van der Waals surface area contributed by atoms with Gasteiger partial charge in [0.15, 0.2) is 0 Å². The van der Waals surface area contributed by atoms with Crippen LogP contribution < -0.4 is 32.3 Å². The average molecular weight is 551 g/mol. The van der Waals surface area contributed by atoms with Gasteiger partial charge in [0.05, 0.1) is 31.7 Å². The average Bonchev–Trinajstić information content (AvgIpc) is 2.80. The number of carboxylic acid groups (broad SMARTS) is 2. The summed E-state index contributed by atoms with van der Waals surface area (Å²) in [5, 5.41) is 39.0. The van der Waals surface area contributed by atoms with Gasteiger partial charge in [-0.1, -0.05) is 13.8 Å². The minimum Gasteiger partial charge on any atom is -0.481 e. The lowest BCUT2D eigenvalue weighted by Crippen LogP contribution is -2.59. The number of rotatable bonds is 16. The molecule has 16 nitrogen and oxygen atoms in total. The SMILES string of the molecule is CC(C)C(NC(=O)C(CC(=O)O)NC(=O)C(NC(=O)CNC(=O)CNC(=O)C(N)CS)C(C)O)C(=O)O. The lowest BCUT2D eigenvalue weighted by Gasteiger charge is -2.25. The molecule has 0 bridgehead atoms. The Balaban J connectivity index is 5.16. The molecular formula is C20H34N6O10S. The Kier molecular flexibility index (Phi) is 14.8. The zero-order valence-corrected chi connectivity index (χ0v) is 21.4. The van der Waals surface area contributed by atoms with E-state index in [-0.39, 0.29) is 5.75 Å². The van der Waals surface area contributed by atoms with E-state index in [0.717, 1.165) is 6.92 Å². The van der Waals surface area contributed by atoms with Crippen molar-refractivity contribution in [3.63, 3.8) is 0 Å². The highest BCUT2D eigenvalue weighted by atomic mass is 32.1. The maximum atomic E-state index is 12.6. The smallest absolute Gasteiger partial charge is 0.326 e. The predicted molar refractivity (Wildman–Crippen MR) is 130 cm³/mol. The molecule has 0 saturated heterocycles. The highest BCUT2D eigenvalue weighted by Crippen LogP contribution is 2.04. The van der Waals surface area contributed by atoms with E-state index in [1.165, 1.54) is 13.8 Å². The molecule has 0 aromatic heterocycles. The molecule has 0 saturated carbocycles. The van der Waals surface area contributed by atoms with Crippen LogP contribution in [0.1, 0.15) is 27.2 Å². The van der Waals surface area contributed by atoms with E-state index in [1.54, 1.807) is 0 Å². The Bertz CT molecular complexity index is 869. The molecule has 37 heavy (non-hydrogen) atoms. The maximum absolute atomic E-state index is 12.6. The fourth-order valence-corrected chi connectivity index (χ4v) is 2.83.